The Kier molecular flexibility index (Phi) is 19.7. The quantitative estimate of drug-likeness (QED) is 0.0503. The average molecular weight is 1060 g/mol. The van der Waals surface area contributed by atoms with Gasteiger partial charge in [-0.05, 0) is 135 Å². The SMILES string of the molecule is C.C.CC1(C)OB(c2cc(C(F)F)ccc2F)OC1(C)C.COC(=O)c1ccc(-c2cc(C(F)F)ccc2F)c(C2=CCCC2(C)C)c1.COC(=O)c1ccc(OS(=O)(=O)C(F)(F)F)c(C2=CCCC2(C)C)c1. The Morgan fingerprint density at radius 1 is 0.603 bits per heavy atom. The topological polar surface area (TPSA) is 114 Å². The fraction of sp³-hybridized carbons (Fsp3) is 0.434. The van der Waals surface area contributed by atoms with E-state index in [9.17, 15) is 57.5 Å². The van der Waals surface area contributed by atoms with Crippen molar-refractivity contribution in [3.05, 3.63) is 130 Å². The van der Waals surface area contributed by atoms with Crippen LogP contribution in [-0.4, -0.2) is 58.4 Å². The van der Waals surface area contributed by atoms with Gasteiger partial charge < -0.3 is 23.0 Å². The van der Waals surface area contributed by atoms with Gasteiger partial charge in [0.2, 0.25) is 0 Å². The largest absolute Gasteiger partial charge is 0.534 e. The van der Waals surface area contributed by atoms with Gasteiger partial charge in [0.05, 0.1) is 36.5 Å². The van der Waals surface area contributed by atoms with Gasteiger partial charge in [0, 0.05) is 27.7 Å². The molecule has 7 rings (SSSR count). The van der Waals surface area contributed by atoms with Crippen LogP contribution in [-0.2, 0) is 28.9 Å². The van der Waals surface area contributed by atoms with Crippen LogP contribution in [0.3, 0.4) is 0 Å². The summed E-state index contributed by atoms with van der Waals surface area (Å²) in [6.07, 6.45) is 1.71. The minimum atomic E-state index is -5.82. The van der Waals surface area contributed by atoms with Crippen LogP contribution in [0.15, 0.2) is 84.9 Å². The second-order valence-electron chi connectivity index (χ2n) is 19.2. The predicted octanol–water partition coefficient (Wildman–Crippen LogP) is 14.7. The lowest BCUT2D eigenvalue weighted by atomic mass is 9.78. The standard InChI is InChI=1S/C22H21F3O2.C16H17F3O5S.C13H16BF3O2.2CH4/c1-22(2)10-4-5-18(22)16-12-14(21(26)27-3)6-8-15(16)17-11-13(20(24)25)7-9-19(17)23;1-15(2)8-4-5-12(15)11-9-10(14(20)23-3)6-7-13(11)24-25(21,22)16(17,18)19;1-12(2)13(3,4)19-14(18-12)9-7-8(11(16)17)5-6-10(9)15;;/h5-9,11-12,20H,4,10H2,1-3H3;5-7,9H,4,8H2,1-3H3;5-7,11H,1-4H3;2*1H4. The van der Waals surface area contributed by atoms with Crippen molar-refractivity contribution in [2.24, 2.45) is 10.8 Å². The molecule has 73 heavy (non-hydrogen) atoms. The molecular formula is C53H62BF9O9S. The Labute approximate surface area is 422 Å². The van der Waals surface area contributed by atoms with E-state index < -0.39 is 81.5 Å². The maximum absolute atomic E-state index is 14.5. The third-order valence-electron chi connectivity index (χ3n) is 12.9. The number of allylic oxidation sites excluding steroid dienone is 4. The molecule has 2 aliphatic carbocycles. The van der Waals surface area contributed by atoms with Gasteiger partial charge in [0.1, 0.15) is 11.6 Å². The molecule has 0 atom stereocenters. The molecule has 0 saturated carbocycles. The highest BCUT2D eigenvalue weighted by atomic mass is 32.2. The molecule has 0 amide bonds. The minimum absolute atomic E-state index is 0. The molecule has 1 aliphatic heterocycles. The summed E-state index contributed by atoms with van der Waals surface area (Å²) < 4.78 is 166. The van der Waals surface area contributed by atoms with Crippen LogP contribution in [0.5, 0.6) is 5.75 Å². The van der Waals surface area contributed by atoms with Crippen LogP contribution in [0.4, 0.5) is 39.5 Å². The molecule has 400 valence electrons. The number of alkyl halides is 7. The minimum Gasteiger partial charge on any atom is -0.465 e. The van der Waals surface area contributed by atoms with Gasteiger partial charge in [-0.25, -0.2) is 35.9 Å². The van der Waals surface area contributed by atoms with Crippen molar-refractivity contribution in [1.29, 1.82) is 0 Å². The third kappa shape index (κ3) is 13.8. The Balaban J connectivity index is 0.000000289. The first-order valence-corrected chi connectivity index (χ1v) is 23.6. The summed E-state index contributed by atoms with van der Waals surface area (Å²) >= 11 is 0. The number of halogens is 9. The highest BCUT2D eigenvalue weighted by Gasteiger charge is 2.53. The van der Waals surface area contributed by atoms with E-state index in [2.05, 4.69) is 28.8 Å². The van der Waals surface area contributed by atoms with E-state index in [0.29, 0.717) is 28.7 Å². The van der Waals surface area contributed by atoms with Gasteiger partial charge in [0.15, 0.2) is 5.75 Å². The summed E-state index contributed by atoms with van der Waals surface area (Å²) in [5.74, 6) is -2.86. The fourth-order valence-corrected chi connectivity index (χ4v) is 8.61. The summed E-state index contributed by atoms with van der Waals surface area (Å²) in [4.78, 5) is 23.7. The number of hydrogen-bond acceptors (Lipinski definition) is 9. The van der Waals surface area contributed by atoms with E-state index >= 15 is 0 Å². The first-order valence-electron chi connectivity index (χ1n) is 22.2. The molecule has 0 aromatic heterocycles. The number of carbonyl (C=O) groups excluding carboxylic acids is 2. The molecule has 0 bridgehead atoms. The van der Waals surface area contributed by atoms with Gasteiger partial charge in [-0.1, -0.05) is 79.0 Å². The molecule has 3 aliphatic rings. The lowest BCUT2D eigenvalue weighted by Gasteiger charge is -2.32. The predicted molar refractivity (Wildman–Crippen MR) is 264 cm³/mol. The van der Waals surface area contributed by atoms with E-state index in [1.165, 1.54) is 32.4 Å². The summed E-state index contributed by atoms with van der Waals surface area (Å²) in [7, 11) is -4.33. The smallest absolute Gasteiger partial charge is 0.465 e. The molecule has 0 spiro atoms. The zero-order valence-corrected chi connectivity index (χ0v) is 41.4. The van der Waals surface area contributed by atoms with E-state index in [1.54, 1.807) is 18.2 Å². The van der Waals surface area contributed by atoms with Gasteiger partial charge in [-0.3, -0.25) is 0 Å². The molecule has 4 aromatic carbocycles. The van der Waals surface area contributed by atoms with Gasteiger partial charge >= 0.3 is 34.7 Å². The maximum atomic E-state index is 14.5. The second-order valence-corrected chi connectivity index (χ2v) is 20.8. The lowest BCUT2D eigenvalue weighted by molar-refractivity contribution is -0.0500. The molecule has 1 saturated heterocycles. The molecule has 0 N–H and O–H groups in total. The molecule has 0 radical (unpaired) electrons. The van der Waals surface area contributed by atoms with E-state index in [1.807, 2.05) is 41.5 Å². The summed E-state index contributed by atoms with van der Waals surface area (Å²) in [5, 5.41) is 0. The van der Waals surface area contributed by atoms with Crippen LogP contribution in [0.1, 0.15) is 152 Å². The zero-order chi connectivity index (χ0) is 53.2. The fourth-order valence-electron chi connectivity index (χ4n) is 8.13. The Bertz CT molecular complexity index is 2800. The highest BCUT2D eigenvalue weighted by Crippen LogP contribution is 2.49. The van der Waals surface area contributed by atoms with Crippen molar-refractivity contribution < 1.29 is 80.5 Å². The van der Waals surface area contributed by atoms with Gasteiger partial charge in [0.25, 0.3) is 12.9 Å². The van der Waals surface area contributed by atoms with Crippen LogP contribution in [0.2, 0.25) is 0 Å². The molecule has 1 heterocycles. The number of ether oxygens (including phenoxy) is 2. The van der Waals surface area contributed by atoms with Gasteiger partial charge in [-0.2, -0.15) is 21.6 Å². The zero-order valence-electron chi connectivity index (χ0n) is 40.6. The Hall–Kier alpha value is -5.60. The van der Waals surface area contributed by atoms with E-state index in [4.69, 9.17) is 14.0 Å². The third-order valence-corrected chi connectivity index (χ3v) is 13.9. The number of methoxy groups -OCH3 is 2. The van der Waals surface area contributed by atoms with Crippen LogP contribution in [0, 0.1) is 22.5 Å². The molecule has 0 unspecified atom stereocenters. The number of benzene rings is 4. The summed E-state index contributed by atoms with van der Waals surface area (Å²) in [5.41, 5.74) is -4.47. The van der Waals surface area contributed by atoms with Crippen LogP contribution >= 0.6 is 0 Å². The Morgan fingerprint density at radius 2 is 1.04 bits per heavy atom. The number of rotatable bonds is 10. The molecule has 9 nitrogen and oxygen atoms in total. The maximum Gasteiger partial charge on any atom is 0.534 e. The van der Waals surface area contributed by atoms with E-state index in [0.717, 1.165) is 67.3 Å². The summed E-state index contributed by atoms with van der Waals surface area (Å²) in [6, 6.07) is 14.8. The van der Waals surface area contributed by atoms with Crippen molar-refractivity contribution in [3.8, 4) is 16.9 Å². The van der Waals surface area contributed by atoms with Crippen LogP contribution < -0.4 is 9.65 Å². The number of hydrogen-bond donors (Lipinski definition) is 0. The lowest BCUT2D eigenvalue weighted by Crippen LogP contribution is -2.41. The summed E-state index contributed by atoms with van der Waals surface area (Å²) in [6.45, 7) is 15.2. The highest BCUT2D eigenvalue weighted by molar-refractivity contribution is 7.88. The molecule has 1 fully saturated rings. The van der Waals surface area contributed by atoms with Crippen molar-refractivity contribution >= 4 is 45.8 Å². The van der Waals surface area contributed by atoms with Crippen molar-refractivity contribution in [2.75, 3.05) is 14.2 Å². The molecule has 4 aromatic rings. The van der Waals surface area contributed by atoms with Crippen molar-refractivity contribution in [3.63, 3.8) is 0 Å². The first kappa shape index (κ1) is 61.7. The average Bonchev–Trinajstić information content (AvgIpc) is 3.90. The number of esters is 2. The van der Waals surface area contributed by atoms with E-state index in [-0.39, 0.29) is 53.5 Å². The molecule has 20 heteroatoms. The monoisotopic (exact) mass is 1060 g/mol. The van der Waals surface area contributed by atoms with Crippen LogP contribution in [0.25, 0.3) is 22.3 Å². The molecular weight excluding hydrogens is 994 g/mol. The Morgan fingerprint density at radius 3 is 1.48 bits per heavy atom. The van der Waals surface area contributed by atoms with Crippen molar-refractivity contribution in [2.45, 2.75) is 125 Å². The normalized spacial score (nSPS) is 17.2. The second kappa shape index (κ2) is 23.3. The number of carbonyl (C=O) groups is 2. The van der Waals surface area contributed by atoms with Gasteiger partial charge in [-0.15, -0.1) is 0 Å². The first-order chi connectivity index (χ1) is 32.8. The van der Waals surface area contributed by atoms with Crippen molar-refractivity contribution in [1.82, 2.24) is 0 Å².